The van der Waals surface area contributed by atoms with Crippen molar-refractivity contribution in [1.29, 1.82) is 0 Å². The highest BCUT2D eigenvalue weighted by molar-refractivity contribution is 8.18. The van der Waals surface area contributed by atoms with Gasteiger partial charge in [0, 0.05) is 11.4 Å². The molecule has 1 aliphatic heterocycles. The van der Waals surface area contributed by atoms with Gasteiger partial charge in [0.25, 0.3) is 5.91 Å². The number of thioether (sulfide) groups is 1. The zero-order valence-electron chi connectivity index (χ0n) is 11.8. The van der Waals surface area contributed by atoms with Crippen LogP contribution < -0.4 is 0 Å². The lowest BCUT2D eigenvalue weighted by Gasteiger charge is -2.12. The fourth-order valence-corrected chi connectivity index (χ4v) is 3.80. The SMILES string of the molecule is CCN1C(=O)/C(=C\c2cccs2)SC1=Nc1ccccc1F. The van der Waals surface area contributed by atoms with Crippen LogP contribution in [-0.4, -0.2) is 22.5 Å². The van der Waals surface area contributed by atoms with Crippen LogP contribution in [0.4, 0.5) is 10.1 Å². The molecule has 0 aliphatic carbocycles. The first-order chi connectivity index (χ1) is 10.7. The lowest BCUT2D eigenvalue weighted by Crippen LogP contribution is -2.28. The molecule has 0 radical (unpaired) electrons. The smallest absolute Gasteiger partial charge is 0.266 e. The number of hydrogen-bond acceptors (Lipinski definition) is 4. The van der Waals surface area contributed by atoms with E-state index in [4.69, 9.17) is 0 Å². The molecular formula is C16H13FN2OS2. The fraction of sp³-hybridized carbons (Fsp3) is 0.125. The monoisotopic (exact) mass is 332 g/mol. The minimum absolute atomic E-state index is 0.0870. The second kappa shape index (κ2) is 6.46. The molecule has 0 saturated carbocycles. The van der Waals surface area contributed by atoms with Crippen LogP contribution in [0, 0.1) is 5.82 Å². The van der Waals surface area contributed by atoms with Crippen molar-refractivity contribution in [3.05, 3.63) is 57.4 Å². The zero-order chi connectivity index (χ0) is 15.5. The number of likely N-dealkylation sites (N-methyl/N-ethyl adjacent to an activating group) is 1. The average molecular weight is 332 g/mol. The minimum Gasteiger partial charge on any atom is -0.287 e. The van der Waals surface area contributed by atoms with E-state index in [1.807, 2.05) is 30.5 Å². The number of carbonyl (C=O) groups is 1. The molecule has 1 aliphatic rings. The first-order valence-electron chi connectivity index (χ1n) is 6.77. The van der Waals surface area contributed by atoms with E-state index in [2.05, 4.69) is 4.99 Å². The van der Waals surface area contributed by atoms with Gasteiger partial charge in [0.2, 0.25) is 0 Å². The Hall–Kier alpha value is -1.92. The van der Waals surface area contributed by atoms with Gasteiger partial charge in [-0.1, -0.05) is 18.2 Å². The van der Waals surface area contributed by atoms with Crippen LogP contribution in [-0.2, 0) is 4.79 Å². The summed E-state index contributed by atoms with van der Waals surface area (Å²) in [5.74, 6) is -0.481. The molecule has 0 bridgehead atoms. The summed E-state index contributed by atoms with van der Waals surface area (Å²) in [6, 6.07) is 10.2. The quantitative estimate of drug-likeness (QED) is 0.775. The van der Waals surface area contributed by atoms with E-state index in [1.54, 1.807) is 34.4 Å². The molecule has 3 rings (SSSR count). The van der Waals surface area contributed by atoms with Gasteiger partial charge in [0.15, 0.2) is 5.17 Å². The Morgan fingerprint density at radius 3 is 2.77 bits per heavy atom. The van der Waals surface area contributed by atoms with E-state index < -0.39 is 5.82 Å². The molecule has 2 heterocycles. The number of rotatable bonds is 3. The molecule has 2 aromatic rings. The maximum atomic E-state index is 13.7. The van der Waals surface area contributed by atoms with E-state index in [-0.39, 0.29) is 11.6 Å². The molecule has 22 heavy (non-hydrogen) atoms. The highest BCUT2D eigenvalue weighted by Gasteiger charge is 2.32. The minimum atomic E-state index is -0.394. The number of thiophene rings is 1. The van der Waals surface area contributed by atoms with Crippen LogP contribution in [0.3, 0.4) is 0 Å². The van der Waals surface area contributed by atoms with Crippen LogP contribution in [0.25, 0.3) is 6.08 Å². The largest absolute Gasteiger partial charge is 0.287 e. The Morgan fingerprint density at radius 2 is 2.09 bits per heavy atom. The van der Waals surface area contributed by atoms with Crippen LogP contribution >= 0.6 is 23.1 Å². The number of amides is 1. The number of amidine groups is 1. The van der Waals surface area contributed by atoms with Crippen molar-refractivity contribution < 1.29 is 9.18 Å². The maximum Gasteiger partial charge on any atom is 0.266 e. The topological polar surface area (TPSA) is 32.7 Å². The van der Waals surface area contributed by atoms with Gasteiger partial charge < -0.3 is 0 Å². The van der Waals surface area contributed by atoms with E-state index in [0.29, 0.717) is 16.6 Å². The van der Waals surface area contributed by atoms with Gasteiger partial charge in [-0.3, -0.25) is 9.69 Å². The third-order valence-electron chi connectivity index (χ3n) is 3.09. The summed E-state index contributed by atoms with van der Waals surface area (Å²) in [7, 11) is 0. The Balaban J connectivity index is 1.95. The molecule has 0 spiro atoms. The number of hydrogen-bond donors (Lipinski definition) is 0. The lowest BCUT2D eigenvalue weighted by molar-refractivity contribution is -0.122. The van der Waals surface area contributed by atoms with Crippen LogP contribution in [0.15, 0.2) is 51.7 Å². The third kappa shape index (κ3) is 2.98. The van der Waals surface area contributed by atoms with Gasteiger partial charge in [-0.15, -0.1) is 11.3 Å². The molecule has 0 N–H and O–H groups in total. The molecule has 1 aromatic heterocycles. The van der Waals surface area contributed by atoms with Gasteiger partial charge in [-0.2, -0.15) is 0 Å². The van der Waals surface area contributed by atoms with E-state index in [1.165, 1.54) is 17.8 Å². The standard InChI is InChI=1S/C16H13FN2OS2/c1-2-19-15(20)14(10-11-6-5-9-21-11)22-16(19)18-13-8-4-3-7-12(13)17/h3-10H,2H2,1H3/b14-10+,18-16?. The van der Waals surface area contributed by atoms with Gasteiger partial charge in [0.05, 0.1) is 4.91 Å². The first-order valence-corrected chi connectivity index (χ1v) is 8.47. The van der Waals surface area contributed by atoms with E-state index in [0.717, 1.165) is 4.88 Å². The number of nitrogens with zero attached hydrogens (tertiary/aromatic N) is 2. The molecule has 3 nitrogen and oxygen atoms in total. The first kappa shape index (κ1) is 15.0. The number of aliphatic imine (C=N–C) groups is 1. The van der Waals surface area contributed by atoms with Gasteiger partial charge in [0.1, 0.15) is 11.5 Å². The second-order valence-electron chi connectivity index (χ2n) is 4.52. The van der Waals surface area contributed by atoms with Crippen molar-refractivity contribution in [2.24, 2.45) is 4.99 Å². The average Bonchev–Trinajstić information content (AvgIpc) is 3.11. The molecule has 1 fully saturated rings. The Bertz CT molecular complexity index is 753. The summed E-state index contributed by atoms with van der Waals surface area (Å²) in [4.78, 5) is 19.9. The summed E-state index contributed by atoms with van der Waals surface area (Å²) in [6.45, 7) is 2.38. The van der Waals surface area contributed by atoms with Crippen molar-refractivity contribution in [2.75, 3.05) is 6.54 Å². The molecule has 1 saturated heterocycles. The zero-order valence-corrected chi connectivity index (χ0v) is 13.5. The number of carbonyl (C=O) groups excluding carboxylic acids is 1. The number of halogens is 1. The molecule has 1 aromatic carbocycles. The Morgan fingerprint density at radius 1 is 1.27 bits per heavy atom. The molecule has 6 heteroatoms. The summed E-state index contributed by atoms with van der Waals surface area (Å²) in [5.41, 5.74) is 0.244. The predicted octanol–water partition coefficient (Wildman–Crippen LogP) is 4.51. The second-order valence-corrected chi connectivity index (χ2v) is 6.51. The molecule has 1 amide bonds. The van der Waals surface area contributed by atoms with Gasteiger partial charge in [-0.05, 0) is 48.3 Å². The van der Waals surface area contributed by atoms with Gasteiger partial charge >= 0.3 is 0 Å². The van der Waals surface area contributed by atoms with E-state index >= 15 is 0 Å². The molecule has 0 atom stereocenters. The summed E-state index contributed by atoms with van der Waals surface area (Å²) >= 11 is 2.85. The van der Waals surface area contributed by atoms with Crippen molar-refractivity contribution in [2.45, 2.75) is 6.92 Å². The summed E-state index contributed by atoms with van der Waals surface area (Å²) in [5, 5.41) is 2.48. The maximum absolute atomic E-state index is 13.7. The summed E-state index contributed by atoms with van der Waals surface area (Å²) < 4.78 is 13.7. The lowest BCUT2D eigenvalue weighted by atomic mass is 10.3. The van der Waals surface area contributed by atoms with Crippen molar-refractivity contribution >= 4 is 45.9 Å². The Labute approximate surface area is 136 Å². The molecule has 0 unspecified atom stereocenters. The van der Waals surface area contributed by atoms with Gasteiger partial charge in [-0.25, -0.2) is 9.38 Å². The normalized spacial score (nSPS) is 18.6. The van der Waals surface area contributed by atoms with Crippen LogP contribution in [0.1, 0.15) is 11.8 Å². The fourth-order valence-electron chi connectivity index (χ4n) is 2.02. The summed E-state index contributed by atoms with van der Waals surface area (Å²) in [6.07, 6.45) is 1.85. The number of benzene rings is 1. The molecular weight excluding hydrogens is 319 g/mol. The van der Waals surface area contributed by atoms with Crippen LogP contribution in [0.5, 0.6) is 0 Å². The van der Waals surface area contributed by atoms with E-state index in [9.17, 15) is 9.18 Å². The third-order valence-corrected chi connectivity index (χ3v) is 4.92. The van der Waals surface area contributed by atoms with Crippen molar-refractivity contribution in [1.82, 2.24) is 4.90 Å². The highest BCUT2D eigenvalue weighted by Crippen LogP contribution is 2.34. The Kier molecular flexibility index (Phi) is 4.40. The van der Waals surface area contributed by atoms with Crippen molar-refractivity contribution in [3.8, 4) is 0 Å². The highest BCUT2D eigenvalue weighted by atomic mass is 32.2. The number of para-hydroxylation sites is 1. The van der Waals surface area contributed by atoms with Crippen LogP contribution in [0.2, 0.25) is 0 Å². The predicted molar refractivity (Wildman–Crippen MR) is 90.8 cm³/mol. The van der Waals surface area contributed by atoms with Crippen molar-refractivity contribution in [3.63, 3.8) is 0 Å². The molecule has 112 valence electrons.